The van der Waals surface area contributed by atoms with Gasteiger partial charge in [0.15, 0.2) is 0 Å². The molecule has 0 atom stereocenters. The molecule has 9 nitrogen and oxygen atoms in total. The summed E-state index contributed by atoms with van der Waals surface area (Å²) >= 11 is 0. The van der Waals surface area contributed by atoms with Crippen LogP contribution in [0.1, 0.15) is 42.5 Å². The highest BCUT2D eigenvalue weighted by Crippen LogP contribution is 2.25. The van der Waals surface area contributed by atoms with E-state index in [9.17, 15) is 18.0 Å². The highest BCUT2D eigenvalue weighted by Gasteiger charge is 2.28. The Morgan fingerprint density at radius 2 is 1.97 bits per heavy atom. The predicted octanol–water partition coefficient (Wildman–Crippen LogP) is 1.73. The van der Waals surface area contributed by atoms with E-state index in [0.717, 1.165) is 25.7 Å². The molecule has 1 aromatic heterocycles. The molecule has 0 bridgehead atoms. The molecule has 1 saturated carbocycles. The number of carbonyl (C=O) groups is 2. The Morgan fingerprint density at radius 3 is 2.70 bits per heavy atom. The molecule has 2 heterocycles. The summed E-state index contributed by atoms with van der Waals surface area (Å²) in [7, 11) is -3.31. The fraction of sp³-hybridized carbons (Fsp3) is 0.450. The lowest BCUT2D eigenvalue weighted by atomic mass is 10.2. The van der Waals surface area contributed by atoms with Crippen LogP contribution in [0.25, 0.3) is 0 Å². The van der Waals surface area contributed by atoms with Gasteiger partial charge in [0.05, 0.1) is 23.3 Å². The highest BCUT2D eigenvalue weighted by molar-refractivity contribution is 7.93. The molecule has 0 spiro atoms. The van der Waals surface area contributed by atoms with Crippen molar-refractivity contribution in [3.63, 3.8) is 0 Å². The predicted molar refractivity (Wildman–Crippen MR) is 113 cm³/mol. The third kappa shape index (κ3) is 4.64. The molecule has 30 heavy (non-hydrogen) atoms. The molecule has 2 N–H and O–H groups in total. The maximum atomic E-state index is 12.6. The first kappa shape index (κ1) is 20.4. The van der Waals surface area contributed by atoms with Crippen molar-refractivity contribution < 1.29 is 18.0 Å². The molecule has 2 aromatic rings. The van der Waals surface area contributed by atoms with Gasteiger partial charge < -0.3 is 10.6 Å². The zero-order valence-corrected chi connectivity index (χ0v) is 17.4. The molecule has 2 aliphatic rings. The first-order valence-electron chi connectivity index (χ1n) is 10.1. The van der Waals surface area contributed by atoms with Gasteiger partial charge in [0, 0.05) is 24.3 Å². The Morgan fingerprint density at radius 1 is 1.17 bits per heavy atom. The van der Waals surface area contributed by atoms with Gasteiger partial charge in [-0.3, -0.25) is 18.6 Å². The van der Waals surface area contributed by atoms with Crippen LogP contribution in [0.5, 0.6) is 0 Å². The maximum absolute atomic E-state index is 12.6. The van der Waals surface area contributed by atoms with Gasteiger partial charge in [0.25, 0.3) is 5.91 Å². The van der Waals surface area contributed by atoms with Crippen LogP contribution in [0.3, 0.4) is 0 Å². The standard InChI is InChI=1S/C20H25N5O4S/c26-19(22-16-6-1-2-7-16)14-24-13-17(12-21-24)23-20(27)15-5-3-8-18(11-15)25-9-4-10-30(25,28)29/h3,5,8,11-13,16H,1-2,4,6-7,9-10,14H2,(H,22,26)(H,23,27). The van der Waals surface area contributed by atoms with Crippen molar-refractivity contribution in [3.8, 4) is 0 Å². The number of rotatable bonds is 6. The molecular formula is C20H25N5O4S. The Labute approximate surface area is 175 Å². The summed E-state index contributed by atoms with van der Waals surface area (Å²) in [6.45, 7) is 0.512. The third-order valence-electron chi connectivity index (χ3n) is 5.41. The molecule has 2 amide bonds. The van der Waals surface area contributed by atoms with Crippen LogP contribution in [0.15, 0.2) is 36.7 Å². The van der Waals surface area contributed by atoms with Gasteiger partial charge in [0.2, 0.25) is 15.9 Å². The Balaban J connectivity index is 1.37. The minimum absolute atomic E-state index is 0.0919. The average Bonchev–Trinajstić information content (AvgIpc) is 3.44. The molecule has 1 aliphatic heterocycles. The summed E-state index contributed by atoms with van der Waals surface area (Å²) in [6.07, 6.45) is 7.98. The summed E-state index contributed by atoms with van der Waals surface area (Å²) < 4.78 is 27.0. The van der Waals surface area contributed by atoms with Crippen molar-refractivity contribution >= 4 is 33.2 Å². The van der Waals surface area contributed by atoms with Crippen molar-refractivity contribution in [1.29, 1.82) is 0 Å². The summed E-state index contributed by atoms with van der Waals surface area (Å²) in [5, 5.41) is 9.87. The van der Waals surface area contributed by atoms with E-state index in [-0.39, 0.29) is 30.2 Å². The fourth-order valence-electron chi connectivity index (χ4n) is 3.94. The third-order valence-corrected chi connectivity index (χ3v) is 7.28. The molecule has 1 aliphatic carbocycles. The van der Waals surface area contributed by atoms with Crippen LogP contribution in [0.4, 0.5) is 11.4 Å². The number of hydrogen-bond acceptors (Lipinski definition) is 5. The lowest BCUT2D eigenvalue weighted by Crippen LogP contribution is -2.35. The first-order valence-corrected chi connectivity index (χ1v) is 11.8. The SMILES string of the molecule is O=C(Cn1cc(NC(=O)c2cccc(N3CCCS3(=O)=O)c2)cn1)NC1CCCC1. The van der Waals surface area contributed by atoms with E-state index in [1.165, 1.54) is 15.2 Å². The number of nitrogens with one attached hydrogen (secondary N) is 2. The van der Waals surface area contributed by atoms with E-state index in [2.05, 4.69) is 15.7 Å². The second kappa shape index (κ2) is 8.47. The minimum Gasteiger partial charge on any atom is -0.352 e. The number of sulfonamides is 1. The molecule has 10 heteroatoms. The number of nitrogens with zero attached hydrogens (tertiary/aromatic N) is 3. The Bertz CT molecular complexity index is 1040. The van der Waals surface area contributed by atoms with Crippen LogP contribution in [0.2, 0.25) is 0 Å². The van der Waals surface area contributed by atoms with E-state index in [1.54, 1.807) is 30.5 Å². The van der Waals surface area contributed by atoms with E-state index < -0.39 is 10.0 Å². The molecular weight excluding hydrogens is 406 g/mol. The summed E-state index contributed by atoms with van der Waals surface area (Å²) in [5.41, 5.74) is 1.30. The van der Waals surface area contributed by atoms with Gasteiger partial charge in [-0.05, 0) is 37.5 Å². The number of amides is 2. The Kier molecular flexibility index (Phi) is 5.76. The van der Waals surface area contributed by atoms with Gasteiger partial charge >= 0.3 is 0 Å². The molecule has 1 aromatic carbocycles. The van der Waals surface area contributed by atoms with Crippen LogP contribution in [-0.4, -0.2) is 48.4 Å². The Hall–Kier alpha value is -2.88. The smallest absolute Gasteiger partial charge is 0.255 e. The monoisotopic (exact) mass is 431 g/mol. The summed E-state index contributed by atoms with van der Waals surface area (Å²) in [5.74, 6) is -0.345. The zero-order chi connectivity index (χ0) is 21.1. The first-order chi connectivity index (χ1) is 14.4. The number of anilines is 2. The molecule has 4 rings (SSSR count). The number of benzene rings is 1. The number of carbonyl (C=O) groups excluding carboxylic acids is 2. The zero-order valence-electron chi connectivity index (χ0n) is 16.6. The maximum Gasteiger partial charge on any atom is 0.255 e. The fourth-order valence-corrected chi connectivity index (χ4v) is 5.50. The van der Waals surface area contributed by atoms with E-state index >= 15 is 0 Å². The second-order valence-electron chi connectivity index (χ2n) is 7.72. The van der Waals surface area contributed by atoms with Gasteiger partial charge in [-0.1, -0.05) is 18.9 Å². The lowest BCUT2D eigenvalue weighted by molar-refractivity contribution is -0.122. The van der Waals surface area contributed by atoms with Gasteiger partial charge in [-0.15, -0.1) is 0 Å². The summed E-state index contributed by atoms with van der Waals surface area (Å²) in [4.78, 5) is 24.7. The van der Waals surface area contributed by atoms with Gasteiger partial charge in [-0.25, -0.2) is 8.42 Å². The van der Waals surface area contributed by atoms with Crippen LogP contribution < -0.4 is 14.9 Å². The summed E-state index contributed by atoms with van der Waals surface area (Å²) in [6, 6.07) is 6.78. The van der Waals surface area contributed by atoms with Crippen molar-refractivity contribution in [1.82, 2.24) is 15.1 Å². The van der Waals surface area contributed by atoms with E-state index in [4.69, 9.17) is 0 Å². The minimum atomic E-state index is -3.31. The molecule has 2 fully saturated rings. The largest absolute Gasteiger partial charge is 0.352 e. The molecule has 1 saturated heterocycles. The number of aromatic nitrogens is 2. The topological polar surface area (TPSA) is 113 Å². The average molecular weight is 432 g/mol. The highest BCUT2D eigenvalue weighted by atomic mass is 32.2. The van der Waals surface area contributed by atoms with Crippen molar-refractivity contribution in [2.24, 2.45) is 0 Å². The molecule has 0 unspecified atom stereocenters. The molecule has 0 radical (unpaired) electrons. The van der Waals surface area contributed by atoms with Crippen molar-refractivity contribution in [2.75, 3.05) is 21.9 Å². The second-order valence-corrected chi connectivity index (χ2v) is 9.73. The van der Waals surface area contributed by atoms with Crippen LogP contribution >= 0.6 is 0 Å². The van der Waals surface area contributed by atoms with E-state index in [0.29, 0.717) is 29.9 Å². The molecule has 160 valence electrons. The van der Waals surface area contributed by atoms with Crippen molar-refractivity contribution in [2.45, 2.75) is 44.7 Å². The van der Waals surface area contributed by atoms with Crippen LogP contribution in [0, 0.1) is 0 Å². The number of hydrogen-bond donors (Lipinski definition) is 2. The van der Waals surface area contributed by atoms with Crippen LogP contribution in [-0.2, 0) is 21.4 Å². The lowest BCUT2D eigenvalue weighted by Gasteiger charge is -2.17. The quantitative estimate of drug-likeness (QED) is 0.723. The van der Waals surface area contributed by atoms with Crippen molar-refractivity contribution in [3.05, 3.63) is 42.2 Å². The van der Waals surface area contributed by atoms with Gasteiger partial charge in [-0.2, -0.15) is 5.10 Å². The van der Waals surface area contributed by atoms with Gasteiger partial charge in [0.1, 0.15) is 6.54 Å². The van der Waals surface area contributed by atoms with E-state index in [1.807, 2.05) is 0 Å². The normalized spacial score (nSPS) is 18.5.